The maximum absolute atomic E-state index is 9.88. The number of hydrogen-bond acceptors (Lipinski definition) is 5. The van der Waals surface area contributed by atoms with Crippen LogP contribution in [0, 0.1) is 16.1 Å². The summed E-state index contributed by atoms with van der Waals surface area (Å²) in [6, 6.07) is 9.57. The lowest BCUT2D eigenvalue weighted by atomic mass is 9.98. The van der Waals surface area contributed by atoms with Gasteiger partial charge in [0.05, 0.1) is 5.39 Å². The van der Waals surface area contributed by atoms with Crippen LogP contribution in [0.4, 0.5) is 0 Å². The molecule has 1 aromatic carbocycles. The summed E-state index contributed by atoms with van der Waals surface area (Å²) in [5.74, 6) is 0. The number of benzene rings is 1. The Labute approximate surface area is 156 Å². The van der Waals surface area contributed by atoms with Gasteiger partial charge in [-0.2, -0.15) is 10.2 Å². The Bertz CT molecular complexity index is 1420. The number of nitrogens with zero attached hydrogens (tertiary/aromatic N) is 6. The second-order valence-electron chi connectivity index (χ2n) is 5.66. The summed E-state index contributed by atoms with van der Waals surface area (Å²) < 4.78 is 3.77. The fraction of sp³-hybridized carbons (Fsp3) is 0. The molecule has 1 N–H and O–H groups in total. The highest BCUT2D eigenvalue weighted by atomic mass is 35.5. The topological polar surface area (TPSA) is 87.1 Å². The second kappa shape index (κ2) is 5.36. The Morgan fingerprint density at radius 2 is 1.92 bits per heavy atom. The predicted octanol–water partition coefficient (Wildman–Crippen LogP) is 3.78. The van der Waals surface area contributed by atoms with Gasteiger partial charge in [-0.05, 0) is 29.9 Å². The Balaban J connectivity index is 2.12. The third-order valence-electron chi connectivity index (χ3n) is 4.23. The van der Waals surface area contributed by atoms with Crippen LogP contribution in [0.25, 0.3) is 33.5 Å². The molecule has 9 heteroatoms. The molecule has 0 aliphatic rings. The van der Waals surface area contributed by atoms with Crippen molar-refractivity contribution in [1.82, 2.24) is 29.0 Å². The molecule has 4 heterocycles. The van der Waals surface area contributed by atoms with Crippen molar-refractivity contribution in [1.29, 1.82) is 5.26 Å². The summed E-state index contributed by atoms with van der Waals surface area (Å²) in [7, 11) is 0. The molecular formula is C17H8ClN7S. The highest BCUT2D eigenvalue weighted by Gasteiger charge is 2.21. The predicted molar refractivity (Wildman–Crippen MR) is 99.6 cm³/mol. The molecule has 0 aliphatic carbocycles. The lowest BCUT2D eigenvalue weighted by Gasteiger charge is -2.12. The van der Waals surface area contributed by atoms with Crippen LogP contribution in [0.2, 0.25) is 5.02 Å². The van der Waals surface area contributed by atoms with E-state index in [1.807, 2.05) is 12.1 Å². The molecule has 7 nitrogen and oxygen atoms in total. The lowest BCUT2D eigenvalue weighted by Crippen LogP contribution is -2.02. The van der Waals surface area contributed by atoms with Crippen molar-refractivity contribution in [2.45, 2.75) is 0 Å². The van der Waals surface area contributed by atoms with E-state index in [-0.39, 0.29) is 0 Å². The van der Waals surface area contributed by atoms with Crippen LogP contribution in [-0.4, -0.2) is 29.0 Å². The van der Waals surface area contributed by atoms with E-state index in [4.69, 9.17) is 23.8 Å². The molecule has 0 fully saturated rings. The largest absolute Gasteiger partial charge is 0.283 e. The monoisotopic (exact) mass is 377 g/mol. The standard InChI is InChI=1S/C17H8ClN7S/c18-10-3-1-9(2-4-10)12-11(7-19)14-20-5-6-24(14)15-13(12)16-22-17(26)23-25(16)8-21-15/h1-6,8H,(H,23,26). The fourth-order valence-electron chi connectivity index (χ4n) is 3.18. The number of rotatable bonds is 1. The number of pyridine rings is 1. The molecule has 5 aromatic rings. The molecule has 5 rings (SSSR count). The summed E-state index contributed by atoms with van der Waals surface area (Å²) in [6.45, 7) is 0. The quantitative estimate of drug-likeness (QED) is 0.449. The molecular weight excluding hydrogens is 370 g/mol. The molecule has 124 valence electrons. The van der Waals surface area contributed by atoms with Crippen molar-refractivity contribution in [2.75, 3.05) is 0 Å². The molecule has 0 bridgehead atoms. The number of aromatic nitrogens is 6. The van der Waals surface area contributed by atoms with E-state index in [1.165, 1.54) is 0 Å². The van der Waals surface area contributed by atoms with Crippen LogP contribution in [0.15, 0.2) is 43.0 Å². The van der Waals surface area contributed by atoms with Crippen LogP contribution in [0.1, 0.15) is 5.56 Å². The third-order valence-corrected chi connectivity index (χ3v) is 4.67. The number of aromatic amines is 1. The van der Waals surface area contributed by atoms with E-state index >= 15 is 0 Å². The molecule has 0 amide bonds. The van der Waals surface area contributed by atoms with Gasteiger partial charge in [0.2, 0.25) is 4.77 Å². The molecule has 0 spiro atoms. The van der Waals surface area contributed by atoms with Gasteiger partial charge in [0, 0.05) is 23.0 Å². The SMILES string of the molecule is N#Cc1c(-c2ccc(Cl)cc2)c2c3nc(=S)[nH]n3cnc2n2ccnc12. The number of imidazole rings is 1. The van der Waals surface area contributed by atoms with E-state index in [9.17, 15) is 5.26 Å². The van der Waals surface area contributed by atoms with Crippen molar-refractivity contribution >= 4 is 46.1 Å². The van der Waals surface area contributed by atoms with Crippen molar-refractivity contribution < 1.29 is 0 Å². The first-order chi connectivity index (χ1) is 12.7. The van der Waals surface area contributed by atoms with E-state index in [0.29, 0.717) is 43.2 Å². The van der Waals surface area contributed by atoms with Crippen LogP contribution < -0.4 is 0 Å². The van der Waals surface area contributed by atoms with Gasteiger partial charge in [-0.3, -0.25) is 9.50 Å². The molecule has 0 saturated carbocycles. The summed E-state index contributed by atoms with van der Waals surface area (Å²) in [5.41, 5.74) is 3.74. The molecule has 0 unspecified atom stereocenters. The van der Waals surface area contributed by atoms with E-state index < -0.39 is 0 Å². The molecule has 4 aromatic heterocycles. The van der Waals surface area contributed by atoms with Crippen molar-refractivity contribution in [3.63, 3.8) is 0 Å². The normalized spacial score (nSPS) is 11.4. The van der Waals surface area contributed by atoms with Crippen molar-refractivity contribution in [2.24, 2.45) is 0 Å². The van der Waals surface area contributed by atoms with Crippen LogP contribution in [0.5, 0.6) is 0 Å². The summed E-state index contributed by atoms with van der Waals surface area (Å²) in [6.07, 6.45) is 5.02. The molecule has 26 heavy (non-hydrogen) atoms. The van der Waals surface area contributed by atoms with Gasteiger partial charge in [0.25, 0.3) is 0 Å². The third kappa shape index (κ3) is 1.98. The molecule has 0 atom stereocenters. The van der Waals surface area contributed by atoms with Gasteiger partial charge < -0.3 is 0 Å². The highest BCUT2D eigenvalue weighted by Crippen LogP contribution is 2.35. The summed E-state index contributed by atoms with van der Waals surface area (Å²) >= 11 is 11.2. The van der Waals surface area contributed by atoms with Crippen LogP contribution in [0.3, 0.4) is 0 Å². The van der Waals surface area contributed by atoms with Gasteiger partial charge in [-0.1, -0.05) is 23.7 Å². The van der Waals surface area contributed by atoms with Gasteiger partial charge in [0.1, 0.15) is 18.0 Å². The number of halogens is 1. The second-order valence-corrected chi connectivity index (χ2v) is 6.48. The first-order valence-corrected chi connectivity index (χ1v) is 8.38. The number of hydrogen-bond donors (Lipinski definition) is 1. The molecule has 0 radical (unpaired) electrons. The Morgan fingerprint density at radius 3 is 2.69 bits per heavy atom. The number of nitrogens with one attached hydrogen (secondary N) is 1. The molecule has 0 aliphatic heterocycles. The first kappa shape index (κ1) is 15.0. The number of nitriles is 1. The minimum atomic E-state index is 0.339. The van der Waals surface area contributed by atoms with Gasteiger partial charge in [-0.15, -0.1) is 0 Å². The van der Waals surface area contributed by atoms with E-state index in [0.717, 1.165) is 5.56 Å². The van der Waals surface area contributed by atoms with E-state index in [2.05, 4.69) is 26.1 Å². The van der Waals surface area contributed by atoms with Gasteiger partial charge >= 0.3 is 0 Å². The summed E-state index contributed by atoms with van der Waals surface area (Å²) in [4.78, 5) is 13.3. The average molecular weight is 378 g/mol. The lowest BCUT2D eigenvalue weighted by molar-refractivity contribution is 0.921. The zero-order valence-electron chi connectivity index (χ0n) is 13.0. The van der Waals surface area contributed by atoms with Crippen molar-refractivity contribution in [3.8, 4) is 17.2 Å². The highest BCUT2D eigenvalue weighted by molar-refractivity contribution is 7.71. The minimum Gasteiger partial charge on any atom is -0.283 e. The molecule has 0 saturated heterocycles. The first-order valence-electron chi connectivity index (χ1n) is 7.59. The van der Waals surface area contributed by atoms with Crippen LogP contribution >= 0.6 is 23.8 Å². The van der Waals surface area contributed by atoms with Crippen molar-refractivity contribution in [3.05, 3.63) is 58.3 Å². The Hall–Kier alpha value is -3.28. The van der Waals surface area contributed by atoms with Gasteiger partial charge in [-0.25, -0.2) is 14.5 Å². The van der Waals surface area contributed by atoms with E-state index in [1.54, 1.807) is 39.8 Å². The fourth-order valence-corrected chi connectivity index (χ4v) is 3.49. The Morgan fingerprint density at radius 1 is 1.12 bits per heavy atom. The maximum atomic E-state index is 9.88. The average Bonchev–Trinajstić information content (AvgIpc) is 3.26. The maximum Gasteiger partial charge on any atom is 0.214 e. The van der Waals surface area contributed by atoms with Crippen LogP contribution in [-0.2, 0) is 0 Å². The summed E-state index contributed by atoms with van der Waals surface area (Å²) in [5, 5.41) is 14.2. The number of H-pyrrole nitrogens is 1. The van der Waals surface area contributed by atoms with Gasteiger partial charge in [0.15, 0.2) is 16.9 Å². The zero-order valence-corrected chi connectivity index (χ0v) is 14.6. The smallest absolute Gasteiger partial charge is 0.214 e. The minimum absolute atomic E-state index is 0.339. The number of fused-ring (bicyclic) bond motifs is 5. The zero-order chi connectivity index (χ0) is 17.8. The Kier molecular flexibility index (Phi) is 3.09.